The summed E-state index contributed by atoms with van der Waals surface area (Å²) in [5.41, 5.74) is 2.13. The summed E-state index contributed by atoms with van der Waals surface area (Å²) < 4.78 is 0. The predicted octanol–water partition coefficient (Wildman–Crippen LogP) is 1.47. The molecule has 0 aromatic heterocycles. The molecule has 0 radical (unpaired) electrons. The summed E-state index contributed by atoms with van der Waals surface area (Å²) in [6, 6.07) is 7.77. The second-order valence-corrected chi connectivity index (χ2v) is 5.00. The molecule has 0 aliphatic rings. The van der Waals surface area contributed by atoms with E-state index in [0.717, 1.165) is 11.1 Å². The first-order valence-electron chi connectivity index (χ1n) is 5.70. The minimum Gasteiger partial charge on any atom is -0.481 e. The number of rotatable bonds is 7. The summed E-state index contributed by atoms with van der Waals surface area (Å²) in [6.07, 6.45) is 0.371. The summed E-state index contributed by atoms with van der Waals surface area (Å²) in [5, 5.41) is 11.2. The Bertz CT molecular complexity index is 420. The molecule has 0 bridgehead atoms. The highest BCUT2D eigenvalue weighted by molar-refractivity contribution is 7.99. The number of carbonyl (C=O) groups excluding carboxylic acids is 1. The van der Waals surface area contributed by atoms with Gasteiger partial charge in [-0.25, -0.2) is 0 Å². The molecule has 18 heavy (non-hydrogen) atoms. The Kier molecular flexibility index (Phi) is 6.28. The maximum atomic E-state index is 11.6. The fourth-order valence-electron chi connectivity index (χ4n) is 1.47. The van der Waals surface area contributed by atoms with E-state index in [-0.39, 0.29) is 11.7 Å². The van der Waals surface area contributed by atoms with E-state index in [1.165, 1.54) is 11.8 Å². The molecule has 0 saturated heterocycles. The zero-order valence-electron chi connectivity index (χ0n) is 10.3. The van der Waals surface area contributed by atoms with Crippen molar-refractivity contribution in [3.8, 4) is 0 Å². The molecule has 0 saturated carbocycles. The Hall–Kier alpha value is -1.49. The molecule has 1 aromatic rings. The minimum atomic E-state index is -0.828. The SMILES string of the molecule is Cc1ccccc1CC(=O)NCCSCC(=O)O. The topological polar surface area (TPSA) is 66.4 Å². The van der Waals surface area contributed by atoms with E-state index in [2.05, 4.69) is 5.32 Å². The first kappa shape index (κ1) is 14.6. The first-order valence-corrected chi connectivity index (χ1v) is 6.86. The molecule has 0 aliphatic carbocycles. The summed E-state index contributed by atoms with van der Waals surface area (Å²) in [5.74, 6) is -0.161. The number of amides is 1. The van der Waals surface area contributed by atoms with Crippen molar-refractivity contribution in [3.05, 3.63) is 35.4 Å². The maximum absolute atomic E-state index is 11.6. The fourth-order valence-corrected chi connectivity index (χ4v) is 2.03. The molecule has 1 amide bonds. The van der Waals surface area contributed by atoms with Gasteiger partial charge in [0.2, 0.25) is 5.91 Å². The van der Waals surface area contributed by atoms with Crippen LogP contribution >= 0.6 is 11.8 Å². The molecular weight excluding hydrogens is 250 g/mol. The number of hydrogen-bond acceptors (Lipinski definition) is 3. The van der Waals surface area contributed by atoms with Crippen molar-refractivity contribution < 1.29 is 14.7 Å². The Morgan fingerprint density at radius 2 is 2.06 bits per heavy atom. The Labute approximate surface area is 111 Å². The second-order valence-electron chi connectivity index (χ2n) is 3.90. The van der Waals surface area contributed by atoms with Crippen LogP contribution in [0.5, 0.6) is 0 Å². The normalized spacial score (nSPS) is 10.1. The number of benzene rings is 1. The quantitative estimate of drug-likeness (QED) is 0.734. The number of carboxylic acids is 1. The highest BCUT2D eigenvalue weighted by atomic mass is 32.2. The van der Waals surface area contributed by atoms with Crippen LogP contribution in [0.3, 0.4) is 0 Å². The molecule has 5 heteroatoms. The lowest BCUT2D eigenvalue weighted by atomic mass is 10.1. The van der Waals surface area contributed by atoms with Crippen LogP contribution in [0.1, 0.15) is 11.1 Å². The van der Waals surface area contributed by atoms with Gasteiger partial charge in [0.15, 0.2) is 0 Å². The molecule has 1 rings (SSSR count). The summed E-state index contributed by atoms with van der Waals surface area (Å²) in [4.78, 5) is 21.9. The third-order valence-electron chi connectivity index (χ3n) is 2.41. The number of hydrogen-bond donors (Lipinski definition) is 2. The smallest absolute Gasteiger partial charge is 0.313 e. The zero-order valence-corrected chi connectivity index (χ0v) is 11.1. The van der Waals surface area contributed by atoms with E-state index in [0.29, 0.717) is 18.7 Å². The summed E-state index contributed by atoms with van der Waals surface area (Å²) in [7, 11) is 0. The van der Waals surface area contributed by atoms with Crippen molar-refractivity contribution in [2.45, 2.75) is 13.3 Å². The van der Waals surface area contributed by atoms with Crippen molar-refractivity contribution in [1.82, 2.24) is 5.32 Å². The van der Waals surface area contributed by atoms with Crippen LogP contribution in [0.25, 0.3) is 0 Å². The van der Waals surface area contributed by atoms with Crippen molar-refractivity contribution >= 4 is 23.6 Å². The molecule has 0 atom stereocenters. The van der Waals surface area contributed by atoms with Gasteiger partial charge in [-0.15, -0.1) is 11.8 Å². The zero-order chi connectivity index (χ0) is 13.4. The molecule has 2 N–H and O–H groups in total. The average molecular weight is 267 g/mol. The average Bonchev–Trinajstić information content (AvgIpc) is 2.31. The van der Waals surface area contributed by atoms with Gasteiger partial charge in [0.1, 0.15) is 0 Å². The highest BCUT2D eigenvalue weighted by Crippen LogP contribution is 2.07. The van der Waals surface area contributed by atoms with E-state index < -0.39 is 5.97 Å². The van der Waals surface area contributed by atoms with Gasteiger partial charge < -0.3 is 10.4 Å². The number of nitrogens with one attached hydrogen (secondary N) is 1. The van der Waals surface area contributed by atoms with Crippen LogP contribution in [0.4, 0.5) is 0 Å². The maximum Gasteiger partial charge on any atom is 0.313 e. The second kappa shape index (κ2) is 7.76. The molecular formula is C13H17NO3S. The van der Waals surface area contributed by atoms with Crippen LogP contribution in [-0.2, 0) is 16.0 Å². The predicted molar refractivity (Wildman–Crippen MR) is 72.9 cm³/mol. The van der Waals surface area contributed by atoms with Crippen LogP contribution in [0.15, 0.2) is 24.3 Å². The largest absolute Gasteiger partial charge is 0.481 e. The van der Waals surface area contributed by atoms with Gasteiger partial charge in [0.05, 0.1) is 12.2 Å². The number of carbonyl (C=O) groups is 2. The molecule has 1 aromatic carbocycles. The molecule has 98 valence electrons. The van der Waals surface area contributed by atoms with Gasteiger partial charge in [-0.3, -0.25) is 9.59 Å². The number of aliphatic carboxylic acids is 1. The molecule has 0 spiro atoms. The fraction of sp³-hybridized carbons (Fsp3) is 0.385. The molecule has 4 nitrogen and oxygen atoms in total. The van der Waals surface area contributed by atoms with Gasteiger partial charge >= 0.3 is 5.97 Å². The summed E-state index contributed by atoms with van der Waals surface area (Å²) >= 11 is 1.30. The third-order valence-corrected chi connectivity index (χ3v) is 3.35. The molecule has 0 fully saturated rings. The summed E-state index contributed by atoms with van der Waals surface area (Å²) in [6.45, 7) is 2.48. The Morgan fingerprint density at radius 3 is 2.72 bits per heavy atom. The van der Waals surface area contributed by atoms with Crippen molar-refractivity contribution in [3.63, 3.8) is 0 Å². The van der Waals surface area contributed by atoms with Crippen molar-refractivity contribution in [1.29, 1.82) is 0 Å². The van der Waals surface area contributed by atoms with Crippen molar-refractivity contribution in [2.75, 3.05) is 18.1 Å². The number of thioether (sulfide) groups is 1. The molecule has 0 unspecified atom stereocenters. The lowest BCUT2D eigenvalue weighted by Crippen LogP contribution is -2.27. The van der Waals surface area contributed by atoms with Crippen LogP contribution in [0.2, 0.25) is 0 Å². The van der Waals surface area contributed by atoms with Gasteiger partial charge in [-0.1, -0.05) is 24.3 Å². The minimum absolute atomic E-state index is 0.0276. The van der Waals surface area contributed by atoms with Gasteiger partial charge in [-0.2, -0.15) is 0 Å². The first-order chi connectivity index (χ1) is 8.59. The van der Waals surface area contributed by atoms with E-state index in [9.17, 15) is 9.59 Å². The van der Waals surface area contributed by atoms with Gasteiger partial charge in [0, 0.05) is 12.3 Å². The lowest BCUT2D eigenvalue weighted by Gasteiger charge is -2.06. The monoisotopic (exact) mass is 267 g/mol. The Balaban J connectivity index is 2.22. The van der Waals surface area contributed by atoms with Crippen molar-refractivity contribution in [2.24, 2.45) is 0 Å². The lowest BCUT2D eigenvalue weighted by molar-refractivity contribution is -0.133. The molecule has 0 heterocycles. The highest BCUT2D eigenvalue weighted by Gasteiger charge is 2.05. The van der Waals surface area contributed by atoms with Crippen LogP contribution in [0, 0.1) is 6.92 Å². The Morgan fingerprint density at radius 1 is 1.33 bits per heavy atom. The van der Waals surface area contributed by atoms with E-state index in [1.54, 1.807) is 0 Å². The van der Waals surface area contributed by atoms with E-state index in [1.807, 2.05) is 31.2 Å². The van der Waals surface area contributed by atoms with Gasteiger partial charge in [0.25, 0.3) is 0 Å². The van der Waals surface area contributed by atoms with E-state index in [4.69, 9.17) is 5.11 Å². The van der Waals surface area contributed by atoms with Crippen LogP contribution < -0.4 is 5.32 Å². The number of aryl methyl sites for hydroxylation is 1. The van der Waals surface area contributed by atoms with Gasteiger partial charge in [-0.05, 0) is 18.1 Å². The standard InChI is InChI=1S/C13H17NO3S/c1-10-4-2-3-5-11(10)8-12(15)14-6-7-18-9-13(16)17/h2-5H,6-9H2,1H3,(H,14,15)(H,16,17). The third kappa shape index (κ3) is 5.72. The number of carboxylic acid groups (broad SMARTS) is 1. The molecule has 0 aliphatic heterocycles. The van der Waals surface area contributed by atoms with Crippen LogP contribution in [-0.4, -0.2) is 35.0 Å². The van der Waals surface area contributed by atoms with E-state index >= 15 is 0 Å².